The number of carbonyl (C=O) groups excluding carboxylic acids is 1. The fourth-order valence-corrected chi connectivity index (χ4v) is 2.52. The number of anilines is 1. The summed E-state index contributed by atoms with van der Waals surface area (Å²) in [4.78, 5) is 18.7. The van der Waals surface area contributed by atoms with Crippen LogP contribution in [0, 0.1) is 0 Å². The van der Waals surface area contributed by atoms with Crippen LogP contribution in [0.25, 0.3) is 0 Å². The molecule has 1 aromatic carbocycles. The summed E-state index contributed by atoms with van der Waals surface area (Å²) in [6.07, 6.45) is 5.57. The number of hydrogen-bond acceptors (Lipinski definition) is 3. The second-order valence-electron chi connectivity index (χ2n) is 5.23. The van der Waals surface area contributed by atoms with E-state index in [0.717, 1.165) is 18.4 Å². The van der Waals surface area contributed by atoms with E-state index in [1.165, 1.54) is 0 Å². The zero-order valence-corrected chi connectivity index (χ0v) is 12.3. The zero-order chi connectivity index (χ0) is 14.8. The highest BCUT2D eigenvalue weighted by atomic mass is 35.5. The van der Waals surface area contributed by atoms with Crippen molar-refractivity contribution in [3.05, 3.63) is 58.9 Å². The summed E-state index contributed by atoms with van der Waals surface area (Å²) >= 11 is 6.18. The molecule has 1 aromatic heterocycles. The molecule has 0 atom stereocenters. The summed E-state index contributed by atoms with van der Waals surface area (Å²) in [6, 6.07) is 9.30. The molecule has 0 bridgehead atoms. The number of benzene rings is 1. The normalized spacial score (nSPS) is 14.0. The smallest absolute Gasteiger partial charge is 0.255 e. The molecule has 4 nitrogen and oxygen atoms in total. The Bertz CT molecular complexity index is 656. The first kappa shape index (κ1) is 13.9. The highest BCUT2D eigenvalue weighted by molar-refractivity contribution is 6.36. The average molecular weight is 302 g/mol. The Morgan fingerprint density at radius 3 is 2.81 bits per heavy atom. The van der Waals surface area contributed by atoms with Crippen molar-refractivity contribution in [3.8, 4) is 0 Å². The third-order valence-corrected chi connectivity index (χ3v) is 4.01. The Balaban J connectivity index is 1.87. The van der Waals surface area contributed by atoms with E-state index in [1.54, 1.807) is 30.6 Å². The summed E-state index contributed by atoms with van der Waals surface area (Å²) in [5.41, 5.74) is 7.70. The maximum absolute atomic E-state index is 12.8. The quantitative estimate of drug-likeness (QED) is 0.883. The van der Waals surface area contributed by atoms with Crippen LogP contribution >= 0.6 is 11.6 Å². The lowest BCUT2D eigenvalue weighted by Crippen LogP contribution is -2.32. The molecule has 3 rings (SSSR count). The van der Waals surface area contributed by atoms with Crippen molar-refractivity contribution in [1.82, 2.24) is 9.88 Å². The number of nitrogen functional groups attached to an aromatic ring is 1. The van der Waals surface area contributed by atoms with Crippen LogP contribution in [0.3, 0.4) is 0 Å². The number of aromatic nitrogens is 1. The van der Waals surface area contributed by atoms with Crippen LogP contribution in [0.15, 0.2) is 42.7 Å². The third kappa shape index (κ3) is 3.00. The lowest BCUT2D eigenvalue weighted by molar-refractivity contribution is 0.0730. The van der Waals surface area contributed by atoms with Crippen molar-refractivity contribution < 1.29 is 4.79 Å². The summed E-state index contributed by atoms with van der Waals surface area (Å²) in [5.74, 6) is -0.0707. The van der Waals surface area contributed by atoms with Gasteiger partial charge in [0.15, 0.2) is 0 Å². The summed E-state index contributed by atoms with van der Waals surface area (Å²) in [5, 5.41) is 0.333. The first-order valence-electron chi connectivity index (χ1n) is 6.90. The highest BCUT2D eigenvalue weighted by Crippen LogP contribution is 2.32. The molecule has 1 amide bonds. The molecular formula is C16H16ClN3O. The van der Waals surface area contributed by atoms with Crippen molar-refractivity contribution in [3.63, 3.8) is 0 Å². The molecular weight excluding hydrogens is 286 g/mol. The van der Waals surface area contributed by atoms with Gasteiger partial charge in [0.1, 0.15) is 0 Å². The van der Waals surface area contributed by atoms with Crippen molar-refractivity contribution in [2.45, 2.75) is 25.4 Å². The molecule has 1 saturated carbocycles. The molecule has 21 heavy (non-hydrogen) atoms. The molecule has 5 heteroatoms. The molecule has 1 heterocycles. The van der Waals surface area contributed by atoms with Crippen LogP contribution in [-0.2, 0) is 6.54 Å². The van der Waals surface area contributed by atoms with E-state index >= 15 is 0 Å². The van der Waals surface area contributed by atoms with Crippen LogP contribution in [0.2, 0.25) is 5.02 Å². The minimum Gasteiger partial charge on any atom is -0.398 e. The number of carbonyl (C=O) groups is 1. The first-order chi connectivity index (χ1) is 10.2. The predicted octanol–water partition coefficient (Wildman–Crippen LogP) is 3.12. The predicted molar refractivity (Wildman–Crippen MR) is 83.0 cm³/mol. The number of nitrogens with two attached hydrogens (primary N) is 1. The van der Waals surface area contributed by atoms with Gasteiger partial charge < -0.3 is 10.6 Å². The average Bonchev–Trinajstić information content (AvgIpc) is 3.33. The third-order valence-electron chi connectivity index (χ3n) is 3.58. The van der Waals surface area contributed by atoms with Gasteiger partial charge >= 0.3 is 0 Å². The minimum absolute atomic E-state index is 0.0707. The molecule has 0 radical (unpaired) electrons. The van der Waals surface area contributed by atoms with Gasteiger partial charge in [-0.15, -0.1) is 0 Å². The number of hydrogen-bond donors (Lipinski definition) is 1. The van der Waals surface area contributed by atoms with Gasteiger partial charge in [0.05, 0.1) is 16.3 Å². The van der Waals surface area contributed by atoms with E-state index in [0.29, 0.717) is 22.8 Å². The van der Waals surface area contributed by atoms with E-state index in [2.05, 4.69) is 4.98 Å². The number of pyridine rings is 1. The monoisotopic (exact) mass is 301 g/mol. The van der Waals surface area contributed by atoms with Crippen molar-refractivity contribution >= 4 is 23.2 Å². The molecule has 0 aliphatic heterocycles. The number of halogens is 1. The second kappa shape index (κ2) is 5.74. The van der Waals surface area contributed by atoms with Crippen molar-refractivity contribution in [2.24, 2.45) is 0 Å². The molecule has 1 aliphatic carbocycles. The fourth-order valence-electron chi connectivity index (χ4n) is 2.31. The van der Waals surface area contributed by atoms with Crippen molar-refractivity contribution in [2.75, 3.05) is 5.73 Å². The Hall–Kier alpha value is -2.07. The van der Waals surface area contributed by atoms with Gasteiger partial charge in [-0.2, -0.15) is 0 Å². The maximum Gasteiger partial charge on any atom is 0.255 e. The molecule has 1 aliphatic rings. The van der Waals surface area contributed by atoms with E-state index in [4.69, 9.17) is 17.3 Å². The van der Waals surface area contributed by atoms with Crippen LogP contribution in [0.5, 0.6) is 0 Å². The number of amides is 1. The van der Waals surface area contributed by atoms with Gasteiger partial charge in [-0.1, -0.05) is 23.7 Å². The molecule has 2 N–H and O–H groups in total. The molecule has 0 unspecified atom stereocenters. The molecule has 108 valence electrons. The topological polar surface area (TPSA) is 59.2 Å². The number of nitrogens with zero attached hydrogens (tertiary/aromatic N) is 2. The van der Waals surface area contributed by atoms with Gasteiger partial charge in [0.2, 0.25) is 0 Å². The molecule has 2 aromatic rings. The zero-order valence-electron chi connectivity index (χ0n) is 11.5. The van der Waals surface area contributed by atoms with E-state index < -0.39 is 0 Å². The highest BCUT2D eigenvalue weighted by Gasteiger charge is 2.33. The van der Waals surface area contributed by atoms with Crippen LogP contribution in [0.4, 0.5) is 5.69 Å². The largest absolute Gasteiger partial charge is 0.398 e. The van der Waals surface area contributed by atoms with E-state index in [-0.39, 0.29) is 11.9 Å². The van der Waals surface area contributed by atoms with E-state index in [1.807, 2.05) is 17.0 Å². The van der Waals surface area contributed by atoms with Gasteiger partial charge in [0, 0.05) is 25.0 Å². The van der Waals surface area contributed by atoms with Crippen molar-refractivity contribution in [1.29, 1.82) is 0 Å². The molecule has 0 spiro atoms. The SMILES string of the molecule is Nc1cccc(C(=O)N(Cc2cccnc2)C2CC2)c1Cl. The maximum atomic E-state index is 12.8. The standard InChI is InChI=1S/C16H16ClN3O/c17-15-13(4-1-5-14(15)18)16(21)20(12-6-7-12)10-11-3-2-8-19-9-11/h1-5,8-9,12H,6-7,10,18H2. The van der Waals surface area contributed by atoms with Gasteiger partial charge in [-0.05, 0) is 36.6 Å². The van der Waals surface area contributed by atoms with Gasteiger partial charge in [-0.25, -0.2) is 0 Å². The van der Waals surface area contributed by atoms with Crippen LogP contribution < -0.4 is 5.73 Å². The van der Waals surface area contributed by atoms with E-state index in [9.17, 15) is 4.79 Å². The van der Waals surface area contributed by atoms with Gasteiger partial charge in [-0.3, -0.25) is 9.78 Å². The summed E-state index contributed by atoms with van der Waals surface area (Å²) in [7, 11) is 0. The first-order valence-corrected chi connectivity index (χ1v) is 7.28. The lowest BCUT2D eigenvalue weighted by atomic mass is 10.1. The Morgan fingerprint density at radius 1 is 1.33 bits per heavy atom. The summed E-state index contributed by atoms with van der Waals surface area (Å²) in [6.45, 7) is 0.544. The lowest BCUT2D eigenvalue weighted by Gasteiger charge is -2.23. The Kier molecular flexibility index (Phi) is 3.80. The van der Waals surface area contributed by atoms with Crippen LogP contribution in [-0.4, -0.2) is 21.8 Å². The summed E-state index contributed by atoms with van der Waals surface area (Å²) < 4.78 is 0. The Morgan fingerprint density at radius 2 is 2.14 bits per heavy atom. The molecule has 1 fully saturated rings. The molecule has 0 saturated heterocycles. The van der Waals surface area contributed by atoms with Crippen LogP contribution in [0.1, 0.15) is 28.8 Å². The second-order valence-corrected chi connectivity index (χ2v) is 5.61. The number of rotatable bonds is 4. The van der Waals surface area contributed by atoms with Gasteiger partial charge in [0.25, 0.3) is 5.91 Å². The fraction of sp³-hybridized carbons (Fsp3) is 0.250. The Labute approximate surface area is 128 Å². The minimum atomic E-state index is -0.0707.